The molecule has 0 rings (SSSR count). The quantitative estimate of drug-likeness (QED) is 0.454. The van der Waals surface area contributed by atoms with Gasteiger partial charge in [0.1, 0.15) is 0 Å². The molecular weight excluding hydrogens is 146 g/mol. The Morgan fingerprint density at radius 2 is 2.11 bits per heavy atom. The van der Waals surface area contributed by atoms with Crippen molar-refractivity contribution in [3.8, 4) is 0 Å². The van der Waals surface area contributed by atoms with Crippen LogP contribution < -0.4 is 5.32 Å². The Balaban J connectivity index is 3.10. The van der Waals surface area contributed by atoms with E-state index < -0.39 is 11.3 Å². The van der Waals surface area contributed by atoms with Crippen LogP contribution in [0, 0.1) is 0 Å². The molecule has 0 aromatic heterocycles. The number of rotatable bonds is 3. The average molecular weight is 152 g/mol. The predicted molar refractivity (Wildman–Crippen MR) is 31.5 cm³/mol. The summed E-state index contributed by atoms with van der Waals surface area (Å²) in [4.78, 5) is 19.7. The highest BCUT2D eigenvalue weighted by Gasteiger charge is 1.96. The van der Waals surface area contributed by atoms with Crippen molar-refractivity contribution in [2.45, 2.75) is 6.42 Å². The second kappa shape index (κ2) is 4.14. The Hall–Kier alpha value is -0.770. The molecule has 0 heterocycles. The fraction of sp³-hybridized carbons (Fsp3) is 0.500. The molecule has 4 nitrogen and oxygen atoms in total. The highest BCUT2D eigenvalue weighted by molar-refractivity contribution is 6.62. The van der Waals surface area contributed by atoms with Crippen LogP contribution in [-0.4, -0.2) is 23.0 Å². The summed E-state index contributed by atoms with van der Waals surface area (Å²) >= 11 is 4.82. The van der Waals surface area contributed by atoms with Gasteiger partial charge in [0, 0.05) is 6.54 Å². The van der Waals surface area contributed by atoms with Crippen molar-refractivity contribution in [1.82, 2.24) is 5.32 Å². The third-order valence-corrected chi connectivity index (χ3v) is 0.736. The third kappa shape index (κ3) is 7.23. The monoisotopic (exact) mass is 151 g/mol. The van der Waals surface area contributed by atoms with Crippen molar-refractivity contribution in [1.29, 1.82) is 0 Å². The van der Waals surface area contributed by atoms with Gasteiger partial charge in [0.2, 0.25) is 0 Å². The van der Waals surface area contributed by atoms with Crippen molar-refractivity contribution in [3.63, 3.8) is 0 Å². The van der Waals surface area contributed by atoms with Crippen LogP contribution in [-0.2, 0) is 4.79 Å². The number of amides is 1. The van der Waals surface area contributed by atoms with E-state index in [1.165, 1.54) is 0 Å². The fourth-order valence-corrected chi connectivity index (χ4v) is 0.362. The van der Waals surface area contributed by atoms with E-state index in [0.717, 1.165) is 0 Å². The van der Waals surface area contributed by atoms with E-state index >= 15 is 0 Å². The molecule has 0 aromatic rings. The molecule has 0 radical (unpaired) electrons. The number of halogens is 1. The van der Waals surface area contributed by atoms with Crippen LogP contribution in [0.15, 0.2) is 0 Å². The lowest BCUT2D eigenvalue weighted by Crippen LogP contribution is -2.19. The standard InChI is InChI=1S/C4H6ClNO3/c5-4(9)6-2-1-3(7)8/h1-2H2,(H,6,9)(H,7,8). The molecule has 0 fully saturated rings. The Kier molecular flexibility index (Phi) is 3.79. The molecule has 5 heteroatoms. The minimum Gasteiger partial charge on any atom is -0.481 e. The first-order chi connectivity index (χ1) is 4.13. The first-order valence-electron chi connectivity index (χ1n) is 2.28. The topological polar surface area (TPSA) is 66.4 Å². The van der Waals surface area contributed by atoms with Crippen LogP contribution in [0.1, 0.15) is 6.42 Å². The molecule has 0 atom stereocenters. The largest absolute Gasteiger partial charge is 0.481 e. The van der Waals surface area contributed by atoms with Gasteiger partial charge in [-0.05, 0) is 11.6 Å². The van der Waals surface area contributed by atoms with Gasteiger partial charge in [0.15, 0.2) is 0 Å². The van der Waals surface area contributed by atoms with Gasteiger partial charge in [-0.15, -0.1) is 0 Å². The molecule has 9 heavy (non-hydrogen) atoms. The summed E-state index contributed by atoms with van der Waals surface area (Å²) in [6, 6.07) is 0. The van der Waals surface area contributed by atoms with Crippen molar-refractivity contribution >= 4 is 22.9 Å². The maximum atomic E-state index is 9.89. The van der Waals surface area contributed by atoms with E-state index in [4.69, 9.17) is 16.7 Å². The smallest absolute Gasteiger partial charge is 0.313 e. The molecule has 0 aliphatic rings. The van der Waals surface area contributed by atoms with Crippen LogP contribution in [0.4, 0.5) is 4.79 Å². The normalized spacial score (nSPS) is 8.56. The minimum absolute atomic E-state index is 0.0810. The number of carboxylic acids is 1. The van der Waals surface area contributed by atoms with Gasteiger partial charge < -0.3 is 10.4 Å². The molecule has 0 aliphatic carbocycles. The Bertz CT molecular complexity index is 111. The summed E-state index contributed by atoms with van der Waals surface area (Å²) in [7, 11) is 0. The molecule has 52 valence electrons. The zero-order chi connectivity index (χ0) is 7.28. The van der Waals surface area contributed by atoms with Crippen LogP contribution in [0.3, 0.4) is 0 Å². The van der Waals surface area contributed by atoms with Crippen LogP contribution >= 0.6 is 11.6 Å². The molecule has 0 aliphatic heterocycles. The second-order valence-electron chi connectivity index (χ2n) is 1.34. The lowest BCUT2D eigenvalue weighted by Gasteiger charge is -1.93. The Morgan fingerprint density at radius 3 is 2.44 bits per heavy atom. The van der Waals surface area contributed by atoms with Gasteiger partial charge in [-0.1, -0.05) is 0 Å². The zero-order valence-electron chi connectivity index (χ0n) is 4.56. The molecule has 0 saturated carbocycles. The summed E-state index contributed by atoms with van der Waals surface area (Å²) in [5, 5.41) is 9.43. The summed E-state index contributed by atoms with van der Waals surface area (Å²) in [5.41, 5.74) is 0. The molecule has 0 unspecified atom stereocenters. The first kappa shape index (κ1) is 8.23. The Labute approximate surface area is 56.8 Å². The van der Waals surface area contributed by atoms with Crippen LogP contribution in [0.5, 0.6) is 0 Å². The number of nitrogens with one attached hydrogen (secondary N) is 1. The maximum absolute atomic E-state index is 9.89. The Morgan fingerprint density at radius 1 is 1.56 bits per heavy atom. The van der Waals surface area contributed by atoms with E-state index in [-0.39, 0.29) is 13.0 Å². The van der Waals surface area contributed by atoms with E-state index in [9.17, 15) is 9.59 Å². The second-order valence-corrected chi connectivity index (χ2v) is 1.69. The lowest BCUT2D eigenvalue weighted by molar-refractivity contribution is -0.136. The van der Waals surface area contributed by atoms with Crippen molar-refractivity contribution in [2.75, 3.05) is 6.54 Å². The molecule has 0 aromatic carbocycles. The molecule has 0 bridgehead atoms. The number of carboxylic acid groups (broad SMARTS) is 1. The number of hydrogen-bond donors (Lipinski definition) is 2. The van der Waals surface area contributed by atoms with E-state index in [2.05, 4.69) is 5.32 Å². The third-order valence-electron chi connectivity index (χ3n) is 0.603. The zero-order valence-corrected chi connectivity index (χ0v) is 5.31. The highest BCUT2D eigenvalue weighted by Crippen LogP contribution is 1.79. The summed E-state index contributed by atoms with van der Waals surface area (Å²) in [5.74, 6) is -0.958. The molecular formula is C4H6ClNO3. The fourth-order valence-electron chi connectivity index (χ4n) is 0.268. The molecule has 2 N–H and O–H groups in total. The highest BCUT2D eigenvalue weighted by atomic mass is 35.5. The number of aliphatic carboxylic acids is 1. The molecule has 0 spiro atoms. The summed E-state index contributed by atoms with van der Waals surface area (Å²) < 4.78 is 0. The van der Waals surface area contributed by atoms with Gasteiger partial charge in [0.25, 0.3) is 0 Å². The van der Waals surface area contributed by atoms with Gasteiger partial charge in [-0.3, -0.25) is 9.59 Å². The van der Waals surface area contributed by atoms with Gasteiger partial charge in [-0.25, -0.2) is 0 Å². The van der Waals surface area contributed by atoms with Gasteiger partial charge in [0.05, 0.1) is 6.42 Å². The van der Waals surface area contributed by atoms with Gasteiger partial charge in [-0.2, -0.15) is 0 Å². The van der Waals surface area contributed by atoms with Crippen LogP contribution in [0.25, 0.3) is 0 Å². The molecule has 1 amide bonds. The SMILES string of the molecule is O=C(O)CCNC(=O)Cl. The van der Waals surface area contributed by atoms with E-state index in [1.807, 2.05) is 0 Å². The molecule has 0 saturated heterocycles. The van der Waals surface area contributed by atoms with E-state index in [1.54, 1.807) is 0 Å². The maximum Gasteiger partial charge on any atom is 0.313 e. The minimum atomic E-state index is -0.958. The first-order valence-corrected chi connectivity index (χ1v) is 2.66. The lowest BCUT2D eigenvalue weighted by atomic mass is 10.4. The summed E-state index contributed by atoms with van der Waals surface area (Å²) in [6.45, 7) is 0.0810. The van der Waals surface area contributed by atoms with E-state index in [0.29, 0.717) is 0 Å². The van der Waals surface area contributed by atoms with Crippen LogP contribution in [0.2, 0.25) is 0 Å². The average Bonchev–Trinajstić information content (AvgIpc) is 1.63. The van der Waals surface area contributed by atoms with Gasteiger partial charge >= 0.3 is 11.3 Å². The number of hydrogen-bond acceptors (Lipinski definition) is 2. The summed E-state index contributed by atoms with van der Waals surface area (Å²) in [6.07, 6.45) is -0.0988. The number of carbonyl (C=O) groups is 2. The number of carbonyl (C=O) groups excluding carboxylic acids is 1. The van der Waals surface area contributed by atoms with Crippen molar-refractivity contribution < 1.29 is 14.7 Å². The predicted octanol–water partition coefficient (Wildman–Crippen LogP) is 0.410. The van der Waals surface area contributed by atoms with Crippen molar-refractivity contribution in [2.24, 2.45) is 0 Å². The van der Waals surface area contributed by atoms with Crippen molar-refractivity contribution in [3.05, 3.63) is 0 Å².